The third kappa shape index (κ3) is 3.28. The minimum Gasteiger partial charge on any atom is -0.277 e. The summed E-state index contributed by atoms with van der Waals surface area (Å²) in [5.41, 5.74) is 2.15. The van der Waals surface area contributed by atoms with Crippen LogP contribution in [-0.2, 0) is 9.59 Å². The van der Waals surface area contributed by atoms with Crippen LogP contribution >= 0.6 is 0 Å². The van der Waals surface area contributed by atoms with E-state index < -0.39 is 0 Å². The summed E-state index contributed by atoms with van der Waals surface area (Å²) in [6.07, 6.45) is 2.44. The average molecular weight is 128 g/mol. The van der Waals surface area contributed by atoms with Gasteiger partial charge in [-0.3, -0.25) is 20.0 Å². The Hall–Kier alpha value is -1.32. The minimum atomic E-state index is 0.322. The van der Waals surface area contributed by atoms with Gasteiger partial charge in [0.1, 0.15) is 0 Å². The summed E-state index contributed by atoms with van der Waals surface area (Å²) < 4.78 is 0. The Balaban J connectivity index is 3.51. The molecule has 0 heterocycles. The van der Waals surface area contributed by atoms with Gasteiger partial charge in [-0.15, -0.1) is 6.58 Å². The van der Waals surface area contributed by atoms with Crippen LogP contribution in [0, 0.1) is 0 Å². The van der Waals surface area contributed by atoms with Crippen molar-refractivity contribution in [1.82, 2.24) is 10.4 Å². The van der Waals surface area contributed by atoms with Crippen LogP contribution in [0.2, 0.25) is 0 Å². The lowest BCUT2D eigenvalue weighted by molar-refractivity contribution is -0.126. The number of carbonyl (C=O) groups excluding carboxylic acids is 2. The molecule has 0 atom stereocenters. The van der Waals surface area contributed by atoms with Crippen LogP contribution in [0.1, 0.15) is 0 Å². The van der Waals surface area contributed by atoms with Gasteiger partial charge in [0.25, 0.3) is 0 Å². The van der Waals surface area contributed by atoms with E-state index in [1.165, 1.54) is 6.08 Å². The van der Waals surface area contributed by atoms with Crippen molar-refractivity contribution in [1.29, 1.82) is 0 Å². The van der Waals surface area contributed by atoms with Crippen LogP contribution in [0.25, 0.3) is 0 Å². The molecule has 0 aromatic rings. The van der Waals surface area contributed by atoms with Crippen molar-refractivity contribution in [3.05, 3.63) is 12.7 Å². The monoisotopic (exact) mass is 128 g/mol. The largest absolute Gasteiger partial charge is 0.277 e. The molecule has 4 nitrogen and oxygen atoms in total. The molecule has 0 saturated heterocycles. The summed E-state index contributed by atoms with van der Waals surface area (Å²) in [7, 11) is 0. The van der Waals surface area contributed by atoms with Gasteiger partial charge >= 0.3 is 0 Å². The maximum absolute atomic E-state index is 9.94. The third-order valence-corrected chi connectivity index (χ3v) is 0.672. The summed E-state index contributed by atoms with van der Waals surface area (Å²) >= 11 is 0. The van der Waals surface area contributed by atoms with Crippen molar-refractivity contribution in [2.45, 2.75) is 0 Å². The second-order valence-electron chi connectivity index (χ2n) is 1.29. The summed E-state index contributed by atoms with van der Waals surface area (Å²) in [5, 5.41) is 1.07. The van der Waals surface area contributed by atoms with Gasteiger partial charge in [-0.25, -0.2) is 0 Å². The van der Waals surface area contributed by atoms with E-state index in [0.717, 1.165) is 5.01 Å². The van der Waals surface area contributed by atoms with E-state index in [9.17, 15) is 9.59 Å². The van der Waals surface area contributed by atoms with E-state index in [4.69, 9.17) is 0 Å². The SMILES string of the molecule is C=CCN(C=O)NC=O. The maximum Gasteiger partial charge on any atom is 0.228 e. The van der Waals surface area contributed by atoms with E-state index in [-0.39, 0.29) is 0 Å². The van der Waals surface area contributed by atoms with Crippen molar-refractivity contribution in [2.75, 3.05) is 6.54 Å². The number of hydrogen-bond acceptors (Lipinski definition) is 2. The van der Waals surface area contributed by atoms with Gasteiger partial charge in [0.05, 0.1) is 6.54 Å². The molecule has 9 heavy (non-hydrogen) atoms. The zero-order valence-electron chi connectivity index (χ0n) is 4.91. The number of amides is 2. The van der Waals surface area contributed by atoms with Crippen LogP contribution in [0.3, 0.4) is 0 Å². The molecule has 2 amide bonds. The van der Waals surface area contributed by atoms with Crippen molar-refractivity contribution in [3.63, 3.8) is 0 Å². The second-order valence-corrected chi connectivity index (χ2v) is 1.29. The molecule has 0 fully saturated rings. The predicted molar refractivity (Wildman–Crippen MR) is 32.2 cm³/mol. The Morgan fingerprint density at radius 1 is 1.56 bits per heavy atom. The highest BCUT2D eigenvalue weighted by Gasteiger charge is 1.91. The van der Waals surface area contributed by atoms with Crippen molar-refractivity contribution in [3.8, 4) is 0 Å². The van der Waals surface area contributed by atoms with Gasteiger partial charge in [0, 0.05) is 0 Å². The molecule has 0 aliphatic rings. The van der Waals surface area contributed by atoms with Crippen LogP contribution in [-0.4, -0.2) is 24.4 Å². The smallest absolute Gasteiger partial charge is 0.228 e. The Morgan fingerprint density at radius 3 is 2.56 bits per heavy atom. The van der Waals surface area contributed by atoms with E-state index in [0.29, 0.717) is 19.4 Å². The van der Waals surface area contributed by atoms with Crippen LogP contribution < -0.4 is 5.43 Å². The Morgan fingerprint density at radius 2 is 2.22 bits per heavy atom. The normalized spacial score (nSPS) is 7.56. The molecule has 0 bridgehead atoms. The molecular formula is C5H8N2O2. The van der Waals surface area contributed by atoms with Gasteiger partial charge in [0.15, 0.2) is 0 Å². The molecule has 0 saturated carbocycles. The van der Waals surface area contributed by atoms with Gasteiger partial charge in [-0.05, 0) is 0 Å². The fourth-order valence-electron chi connectivity index (χ4n) is 0.333. The van der Waals surface area contributed by atoms with E-state index >= 15 is 0 Å². The molecule has 50 valence electrons. The van der Waals surface area contributed by atoms with E-state index in [1.54, 1.807) is 0 Å². The van der Waals surface area contributed by atoms with Crippen molar-refractivity contribution in [2.24, 2.45) is 0 Å². The fraction of sp³-hybridized carbons (Fsp3) is 0.200. The lowest BCUT2D eigenvalue weighted by atomic mass is 10.6. The van der Waals surface area contributed by atoms with Gasteiger partial charge in [0.2, 0.25) is 12.8 Å². The first-order valence-electron chi connectivity index (χ1n) is 2.37. The third-order valence-electron chi connectivity index (χ3n) is 0.672. The van der Waals surface area contributed by atoms with Gasteiger partial charge in [-0.2, -0.15) is 0 Å². The molecule has 0 aliphatic heterocycles. The molecule has 1 N–H and O–H groups in total. The minimum absolute atomic E-state index is 0.322. The molecule has 0 aliphatic carbocycles. The average Bonchev–Trinajstić information content (AvgIpc) is 1.88. The number of carbonyl (C=O) groups is 2. The first kappa shape index (κ1) is 7.68. The number of nitrogens with zero attached hydrogens (tertiary/aromatic N) is 1. The maximum atomic E-state index is 9.94. The molecule has 0 spiro atoms. The second kappa shape index (κ2) is 4.83. The zero-order valence-corrected chi connectivity index (χ0v) is 4.91. The highest BCUT2D eigenvalue weighted by Crippen LogP contribution is 1.72. The first-order chi connectivity index (χ1) is 4.35. The van der Waals surface area contributed by atoms with Gasteiger partial charge in [-0.1, -0.05) is 6.08 Å². The topological polar surface area (TPSA) is 49.4 Å². The number of hydrogen-bond donors (Lipinski definition) is 1. The van der Waals surface area contributed by atoms with E-state index in [2.05, 4.69) is 12.0 Å². The molecule has 0 radical (unpaired) electrons. The Labute approximate surface area is 53.1 Å². The molecule has 0 rings (SSSR count). The lowest BCUT2D eigenvalue weighted by Crippen LogP contribution is -2.35. The van der Waals surface area contributed by atoms with Gasteiger partial charge < -0.3 is 0 Å². The molecule has 0 aromatic carbocycles. The number of nitrogens with one attached hydrogen (secondary N) is 1. The van der Waals surface area contributed by atoms with Crippen molar-refractivity contribution < 1.29 is 9.59 Å². The van der Waals surface area contributed by atoms with E-state index in [1.807, 2.05) is 0 Å². The number of hydrazine groups is 1. The summed E-state index contributed by atoms with van der Waals surface area (Å²) in [6.45, 7) is 3.70. The highest BCUT2D eigenvalue weighted by molar-refractivity contribution is 5.54. The molecule has 0 aromatic heterocycles. The predicted octanol–water partition coefficient (Wildman–Crippen LogP) is -0.708. The Kier molecular flexibility index (Phi) is 4.12. The lowest BCUT2D eigenvalue weighted by Gasteiger charge is -2.10. The number of rotatable bonds is 5. The fourth-order valence-corrected chi connectivity index (χ4v) is 0.333. The summed E-state index contributed by atoms with van der Waals surface area (Å²) in [6, 6.07) is 0. The van der Waals surface area contributed by atoms with Crippen LogP contribution in [0.4, 0.5) is 0 Å². The van der Waals surface area contributed by atoms with Crippen molar-refractivity contribution >= 4 is 12.8 Å². The zero-order chi connectivity index (χ0) is 7.11. The highest BCUT2D eigenvalue weighted by atomic mass is 16.2. The van der Waals surface area contributed by atoms with Crippen LogP contribution in [0.15, 0.2) is 12.7 Å². The summed E-state index contributed by atoms with van der Waals surface area (Å²) in [4.78, 5) is 19.6. The van der Waals surface area contributed by atoms with Crippen LogP contribution in [0.5, 0.6) is 0 Å². The first-order valence-corrected chi connectivity index (χ1v) is 2.37. The standard InChI is InChI=1S/C5H8N2O2/c1-2-3-7(5-9)6-4-8/h2,4-5H,1,3H2,(H,6,8). The Bertz CT molecular complexity index is 104. The quantitative estimate of drug-likeness (QED) is 0.302. The molecule has 4 heteroatoms. The summed E-state index contributed by atoms with van der Waals surface area (Å²) in [5.74, 6) is 0. The molecule has 0 unspecified atom stereocenters. The molecular weight excluding hydrogens is 120 g/mol.